The van der Waals surface area contributed by atoms with E-state index < -0.39 is 0 Å². The Morgan fingerprint density at radius 3 is 2.74 bits per heavy atom. The summed E-state index contributed by atoms with van der Waals surface area (Å²) in [5, 5.41) is 1.00. The third-order valence-electron chi connectivity index (χ3n) is 3.37. The molecule has 3 heteroatoms. The fraction of sp³-hybridized carbons (Fsp3) is 0.438. The summed E-state index contributed by atoms with van der Waals surface area (Å²) in [5.74, 6) is 0.704. The predicted molar refractivity (Wildman–Crippen MR) is 78.8 cm³/mol. The lowest BCUT2D eigenvalue weighted by atomic mass is 10.2. The van der Waals surface area contributed by atoms with E-state index in [2.05, 4.69) is 6.92 Å². The Balaban J connectivity index is 2.19. The zero-order chi connectivity index (χ0) is 13.7. The molecule has 0 saturated carbocycles. The number of hydrogen-bond acceptors (Lipinski definition) is 2. The molecular formula is C16H21NO2. The van der Waals surface area contributed by atoms with Crippen LogP contribution in [0, 0.1) is 0 Å². The molecule has 0 aliphatic rings. The second kappa shape index (κ2) is 6.41. The molecule has 102 valence electrons. The number of aromatic nitrogens is 1. The van der Waals surface area contributed by atoms with Crippen LogP contribution in [0.3, 0.4) is 0 Å². The molecule has 0 atom stereocenters. The second-order valence-electron chi connectivity index (χ2n) is 4.83. The van der Waals surface area contributed by atoms with Crippen molar-refractivity contribution in [3.05, 3.63) is 40.7 Å². The highest BCUT2D eigenvalue weighted by Gasteiger charge is 2.06. The van der Waals surface area contributed by atoms with Crippen LogP contribution in [0.2, 0.25) is 0 Å². The summed E-state index contributed by atoms with van der Waals surface area (Å²) >= 11 is 0. The van der Waals surface area contributed by atoms with Crippen LogP contribution in [-0.2, 0) is 7.05 Å². The summed E-state index contributed by atoms with van der Waals surface area (Å²) in [6, 6.07) is 9.43. The van der Waals surface area contributed by atoms with Crippen LogP contribution in [0.25, 0.3) is 10.9 Å². The van der Waals surface area contributed by atoms with Crippen LogP contribution in [0.5, 0.6) is 5.75 Å². The number of benzene rings is 1. The molecule has 0 bridgehead atoms. The molecule has 1 aromatic carbocycles. The lowest BCUT2D eigenvalue weighted by Gasteiger charge is -2.11. The van der Waals surface area contributed by atoms with Gasteiger partial charge in [-0.2, -0.15) is 0 Å². The van der Waals surface area contributed by atoms with E-state index in [-0.39, 0.29) is 5.56 Å². The van der Waals surface area contributed by atoms with Crippen LogP contribution in [0.15, 0.2) is 35.1 Å². The second-order valence-corrected chi connectivity index (χ2v) is 4.83. The lowest BCUT2D eigenvalue weighted by molar-refractivity contribution is 0.308. The zero-order valence-electron chi connectivity index (χ0n) is 11.7. The minimum absolute atomic E-state index is 0.0257. The van der Waals surface area contributed by atoms with Crippen molar-refractivity contribution in [2.24, 2.45) is 7.05 Å². The van der Waals surface area contributed by atoms with Crippen molar-refractivity contribution in [3.63, 3.8) is 0 Å². The van der Waals surface area contributed by atoms with Gasteiger partial charge in [-0.3, -0.25) is 4.79 Å². The quantitative estimate of drug-likeness (QED) is 0.743. The van der Waals surface area contributed by atoms with Gasteiger partial charge in [-0.25, -0.2) is 0 Å². The van der Waals surface area contributed by atoms with E-state index in [9.17, 15) is 4.79 Å². The molecule has 0 saturated heterocycles. The molecule has 0 unspecified atom stereocenters. The Morgan fingerprint density at radius 1 is 1.16 bits per heavy atom. The maximum absolute atomic E-state index is 11.9. The highest BCUT2D eigenvalue weighted by molar-refractivity contribution is 5.85. The van der Waals surface area contributed by atoms with Crippen molar-refractivity contribution >= 4 is 10.9 Å². The number of hydrogen-bond donors (Lipinski definition) is 0. The minimum atomic E-state index is -0.0257. The van der Waals surface area contributed by atoms with Gasteiger partial charge in [0.1, 0.15) is 5.75 Å². The molecule has 2 rings (SSSR count). The van der Waals surface area contributed by atoms with Crippen molar-refractivity contribution in [2.75, 3.05) is 6.61 Å². The number of nitrogens with zero attached hydrogens (tertiary/aromatic N) is 1. The van der Waals surface area contributed by atoms with Gasteiger partial charge in [-0.05, 0) is 18.6 Å². The third-order valence-corrected chi connectivity index (χ3v) is 3.37. The van der Waals surface area contributed by atoms with Gasteiger partial charge in [0.15, 0.2) is 0 Å². The molecule has 0 aliphatic heterocycles. The largest absolute Gasteiger partial charge is 0.493 e. The number of ether oxygens (including phenoxy) is 1. The smallest absolute Gasteiger partial charge is 0.254 e. The minimum Gasteiger partial charge on any atom is -0.493 e. The molecule has 3 nitrogen and oxygen atoms in total. The van der Waals surface area contributed by atoms with Gasteiger partial charge in [0.05, 0.1) is 12.1 Å². The molecule has 1 heterocycles. The summed E-state index contributed by atoms with van der Waals surface area (Å²) in [5.41, 5.74) is 0.890. The topological polar surface area (TPSA) is 31.2 Å². The summed E-state index contributed by atoms with van der Waals surface area (Å²) in [4.78, 5) is 11.9. The van der Waals surface area contributed by atoms with Crippen molar-refractivity contribution in [3.8, 4) is 5.75 Å². The standard InChI is InChI=1S/C16H21NO2/c1-3-4-5-8-11-19-15-12-16(18)17(2)14-10-7-6-9-13(14)15/h6-7,9-10,12H,3-5,8,11H2,1-2H3. The Bertz CT molecular complexity index is 601. The number of pyridine rings is 1. The summed E-state index contributed by atoms with van der Waals surface area (Å²) in [6.07, 6.45) is 4.67. The number of aryl methyl sites for hydroxylation is 1. The Hall–Kier alpha value is -1.77. The maximum Gasteiger partial charge on any atom is 0.254 e. The number of fused-ring (bicyclic) bond motifs is 1. The fourth-order valence-electron chi connectivity index (χ4n) is 2.21. The van der Waals surface area contributed by atoms with Gasteiger partial charge >= 0.3 is 0 Å². The van der Waals surface area contributed by atoms with E-state index in [1.165, 1.54) is 19.3 Å². The summed E-state index contributed by atoms with van der Waals surface area (Å²) in [7, 11) is 1.79. The first-order chi connectivity index (χ1) is 9.24. The molecular weight excluding hydrogens is 238 g/mol. The Morgan fingerprint density at radius 2 is 1.95 bits per heavy atom. The molecule has 2 aromatic rings. The SMILES string of the molecule is CCCCCCOc1cc(=O)n(C)c2ccccc12. The number of para-hydroxylation sites is 1. The van der Waals surface area contributed by atoms with Crippen molar-refractivity contribution < 1.29 is 4.74 Å². The van der Waals surface area contributed by atoms with Crippen molar-refractivity contribution in [1.82, 2.24) is 4.57 Å². The lowest BCUT2D eigenvalue weighted by Crippen LogP contribution is -2.16. The first-order valence-corrected chi connectivity index (χ1v) is 6.95. The van der Waals surface area contributed by atoms with Crippen LogP contribution in [0.4, 0.5) is 0 Å². The molecule has 0 N–H and O–H groups in total. The molecule has 19 heavy (non-hydrogen) atoms. The average molecular weight is 259 g/mol. The molecule has 0 aliphatic carbocycles. The fourth-order valence-corrected chi connectivity index (χ4v) is 2.21. The number of unbranched alkanes of at least 4 members (excludes halogenated alkanes) is 3. The molecule has 0 spiro atoms. The zero-order valence-corrected chi connectivity index (χ0v) is 11.7. The van der Waals surface area contributed by atoms with Gasteiger partial charge < -0.3 is 9.30 Å². The normalized spacial score (nSPS) is 10.8. The van der Waals surface area contributed by atoms with Gasteiger partial charge in [0.2, 0.25) is 0 Å². The number of rotatable bonds is 6. The summed E-state index contributed by atoms with van der Waals surface area (Å²) < 4.78 is 7.44. The van der Waals surface area contributed by atoms with E-state index in [0.717, 1.165) is 17.3 Å². The van der Waals surface area contributed by atoms with Crippen LogP contribution in [0.1, 0.15) is 32.6 Å². The van der Waals surface area contributed by atoms with Crippen LogP contribution >= 0.6 is 0 Å². The van der Waals surface area contributed by atoms with Crippen molar-refractivity contribution in [2.45, 2.75) is 32.6 Å². The monoisotopic (exact) mass is 259 g/mol. The maximum atomic E-state index is 11.9. The van der Waals surface area contributed by atoms with E-state index in [1.807, 2.05) is 24.3 Å². The Labute approximate surface area is 113 Å². The molecule has 0 amide bonds. The molecule has 0 fully saturated rings. The first kappa shape index (κ1) is 13.7. The van der Waals surface area contributed by atoms with Crippen LogP contribution in [-0.4, -0.2) is 11.2 Å². The Kier molecular flexibility index (Phi) is 4.61. The summed E-state index contributed by atoms with van der Waals surface area (Å²) in [6.45, 7) is 2.87. The van der Waals surface area contributed by atoms with Gasteiger partial charge in [0.25, 0.3) is 5.56 Å². The first-order valence-electron chi connectivity index (χ1n) is 6.95. The van der Waals surface area contributed by atoms with Gasteiger partial charge in [-0.1, -0.05) is 38.3 Å². The van der Waals surface area contributed by atoms with Crippen LogP contribution < -0.4 is 10.3 Å². The highest BCUT2D eigenvalue weighted by Crippen LogP contribution is 2.23. The highest BCUT2D eigenvalue weighted by atomic mass is 16.5. The van der Waals surface area contributed by atoms with Gasteiger partial charge in [0, 0.05) is 18.5 Å². The predicted octanol–water partition coefficient (Wildman–Crippen LogP) is 3.50. The van der Waals surface area contributed by atoms with E-state index in [4.69, 9.17) is 4.74 Å². The van der Waals surface area contributed by atoms with E-state index in [0.29, 0.717) is 12.4 Å². The third kappa shape index (κ3) is 3.16. The van der Waals surface area contributed by atoms with Crippen molar-refractivity contribution in [1.29, 1.82) is 0 Å². The molecule has 0 radical (unpaired) electrons. The van der Waals surface area contributed by atoms with E-state index in [1.54, 1.807) is 17.7 Å². The molecule has 1 aromatic heterocycles. The van der Waals surface area contributed by atoms with Gasteiger partial charge in [-0.15, -0.1) is 0 Å². The average Bonchev–Trinajstić information content (AvgIpc) is 2.44. The van der Waals surface area contributed by atoms with E-state index >= 15 is 0 Å².